The zero-order valence-electron chi connectivity index (χ0n) is 15.2. The number of nitrogens with zero attached hydrogens (tertiary/aromatic N) is 3. The number of imidazole rings is 1. The molecule has 2 heterocycles. The topological polar surface area (TPSA) is 76.5 Å². The highest BCUT2D eigenvalue weighted by molar-refractivity contribution is 5.86. The van der Waals surface area contributed by atoms with Crippen molar-refractivity contribution in [3.8, 4) is 0 Å². The lowest BCUT2D eigenvalue weighted by Crippen LogP contribution is -2.60. The van der Waals surface area contributed by atoms with Gasteiger partial charge in [0.05, 0.1) is 13.2 Å². The van der Waals surface area contributed by atoms with Gasteiger partial charge in [0.2, 0.25) is 5.91 Å². The highest BCUT2D eigenvalue weighted by Gasteiger charge is 2.41. The molecule has 7 heteroatoms. The number of aromatic nitrogens is 2. The molecule has 0 radical (unpaired) electrons. The Kier molecular flexibility index (Phi) is 5.42. The van der Waals surface area contributed by atoms with Crippen LogP contribution in [-0.4, -0.2) is 57.6 Å². The molecule has 2 fully saturated rings. The van der Waals surface area contributed by atoms with Crippen LogP contribution in [0.4, 0.5) is 0 Å². The van der Waals surface area contributed by atoms with Crippen LogP contribution < -0.4 is 5.32 Å². The molecule has 3 rings (SSSR count). The Labute approximate surface area is 148 Å². The Hall–Kier alpha value is -1.89. The van der Waals surface area contributed by atoms with Crippen LogP contribution in [0.2, 0.25) is 0 Å². The van der Waals surface area contributed by atoms with E-state index in [0.717, 1.165) is 18.7 Å². The van der Waals surface area contributed by atoms with Gasteiger partial charge in [-0.05, 0) is 26.7 Å². The minimum absolute atomic E-state index is 0.0521. The van der Waals surface area contributed by atoms with Crippen molar-refractivity contribution in [2.45, 2.75) is 64.1 Å². The van der Waals surface area contributed by atoms with Crippen LogP contribution in [0.25, 0.3) is 0 Å². The second-order valence-electron chi connectivity index (χ2n) is 7.27. The number of amides is 2. The van der Waals surface area contributed by atoms with E-state index >= 15 is 0 Å². The van der Waals surface area contributed by atoms with E-state index in [4.69, 9.17) is 4.74 Å². The summed E-state index contributed by atoms with van der Waals surface area (Å²) in [5.41, 5.74) is -0.957. The molecule has 0 spiro atoms. The molecular formula is C18H28N4O3. The molecule has 1 aromatic rings. The maximum atomic E-state index is 12.6. The van der Waals surface area contributed by atoms with E-state index in [1.165, 1.54) is 12.8 Å². The Morgan fingerprint density at radius 3 is 2.84 bits per heavy atom. The molecule has 1 atom stereocenters. The molecule has 1 saturated heterocycles. The summed E-state index contributed by atoms with van der Waals surface area (Å²) >= 11 is 0. The number of hydrogen-bond donors (Lipinski definition) is 1. The zero-order chi connectivity index (χ0) is 17.9. The third-order valence-electron chi connectivity index (χ3n) is 5.29. The summed E-state index contributed by atoms with van der Waals surface area (Å²) in [5.74, 6) is 0.856. The van der Waals surface area contributed by atoms with Crippen molar-refractivity contribution in [1.29, 1.82) is 0 Å². The minimum Gasteiger partial charge on any atom is -0.362 e. The van der Waals surface area contributed by atoms with Gasteiger partial charge in [-0.15, -0.1) is 0 Å². The van der Waals surface area contributed by atoms with E-state index in [1.807, 2.05) is 17.7 Å². The van der Waals surface area contributed by atoms with E-state index in [1.54, 1.807) is 18.0 Å². The first kappa shape index (κ1) is 17.9. The third-order valence-corrected chi connectivity index (χ3v) is 5.29. The number of nitrogens with one attached hydrogen (secondary N) is 1. The van der Waals surface area contributed by atoms with Gasteiger partial charge in [-0.3, -0.25) is 9.59 Å². The predicted molar refractivity (Wildman–Crippen MR) is 92.9 cm³/mol. The number of carbonyl (C=O) groups excluding carboxylic acids is 2. The maximum absolute atomic E-state index is 12.6. The molecule has 0 aromatic carbocycles. The number of morpholine rings is 1. The summed E-state index contributed by atoms with van der Waals surface area (Å²) in [6.45, 7) is 5.55. The summed E-state index contributed by atoms with van der Waals surface area (Å²) in [7, 11) is 0. The minimum atomic E-state index is -0.957. The average Bonchev–Trinajstić information content (AvgIpc) is 3.24. The maximum Gasteiger partial charge on any atom is 0.254 e. The van der Waals surface area contributed by atoms with E-state index in [2.05, 4.69) is 10.3 Å². The van der Waals surface area contributed by atoms with Crippen LogP contribution in [0.1, 0.15) is 44.9 Å². The first-order valence-corrected chi connectivity index (χ1v) is 9.18. The SMILES string of the molecule is Cc1nccn1CCC(=O)N1CCO[C@@](C)(C(=O)NC2CCCC2)C1. The Morgan fingerprint density at radius 2 is 2.16 bits per heavy atom. The number of aryl methyl sites for hydroxylation is 2. The molecule has 1 aliphatic carbocycles. The second kappa shape index (κ2) is 7.56. The Morgan fingerprint density at radius 1 is 1.40 bits per heavy atom. The lowest BCUT2D eigenvalue weighted by atomic mass is 10.0. The lowest BCUT2D eigenvalue weighted by Gasteiger charge is -2.39. The van der Waals surface area contributed by atoms with Crippen LogP contribution >= 0.6 is 0 Å². The van der Waals surface area contributed by atoms with Crippen LogP contribution in [-0.2, 0) is 20.9 Å². The highest BCUT2D eigenvalue weighted by atomic mass is 16.5. The van der Waals surface area contributed by atoms with Crippen molar-refractivity contribution in [1.82, 2.24) is 19.8 Å². The van der Waals surface area contributed by atoms with E-state index < -0.39 is 5.60 Å². The largest absolute Gasteiger partial charge is 0.362 e. The molecule has 0 bridgehead atoms. The first-order valence-electron chi connectivity index (χ1n) is 9.18. The second-order valence-corrected chi connectivity index (χ2v) is 7.27. The van der Waals surface area contributed by atoms with Gasteiger partial charge < -0.3 is 19.5 Å². The van der Waals surface area contributed by atoms with E-state index in [-0.39, 0.29) is 17.9 Å². The van der Waals surface area contributed by atoms with Gasteiger partial charge in [0.25, 0.3) is 5.91 Å². The lowest BCUT2D eigenvalue weighted by molar-refractivity contribution is -0.163. The van der Waals surface area contributed by atoms with Crippen LogP contribution in [0.5, 0.6) is 0 Å². The summed E-state index contributed by atoms with van der Waals surface area (Å²) < 4.78 is 7.73. The molecule has 0 unspecified atom stereocenters. The van der Waals surface area contributed by atoms with Gasteiger partial charge in [0.15, 0.2) is 5.60 Å². The van der Waals surface area contributed by atoms with Gasteiger partial charge in [0.1, 0.15) is 5.82 Å². The summed E-state index contributed by atoms with van der Waals surface area (Å²) in [6, 6.07) is 0.253. The molecule has 138 valence electrons. The summed E-state index contributed by atoms with van der Waals surface area (Å²) in [4.78, 5) is 31.1. The van der Waals surface area contributed by atoms with Gasteiger partial charge in [0, 0.05) is 37.9 Å². The predicted octanol–water partition coefficient (Wildman–Crippen LogP) is 1.26. The molecule has 1 aliphatic heterocycles. The van der Waals surface area contributed by atoms with Gasteiger partial charge in [-0.2, -0.15) is 0 Å². The Bertz CT molecular complexity index is 624. The summed E-state index contributed by atoms with van der Waals surface area (Å²) in [6.07, 6.45) is 8.42. The molecule has 2 aliphatic rings. The number of carbonyl (C=O) groups is 2. The van der Waals surface area contributed by atoms with Crippen molar-refractivity contribution in [3.63, 3.8) is 0 Å². The number of ether oxygens (including phenoxy) is 1. The van der Waals surface area contributed by atoms with Crippen molar-refractivity contribution >= 4 is 11.8 Å². The van der Waals surface area contributed by atoms with Crippen molar-refractivity contribution in [3.05, 3.63) is 18.2 Å². The van der Waals surface area contributed by atoms with Crippen LogP contribution in [0.3, 0.4) is 0 Å². The fourth-order valence-corrected chi connectivity index (χ4v) is 3.64. The standard InChI is InChI=1S/C18H28N4O3/c1-14-19-8-10-21(14)9-7-16(23)22-11-12-25-18(2,13-22)17(24)20-15-5-3-4-6-15/h8,10,15H,3-7,9,11-13H2,1-2H3,(H,20,24)/t18-/m1/s1. The monoisotopic (exact) mass is 348 g/mol. The normalized spacial score (nSPS) is 24.5. The molecule has 2 amide bonds. The third kappa shape index (κ3) is 4.21. The highest BCUT2D eigenvalue weighted by Crippen LogP contribution is 2.22. The fourth-order valence-electron chi connectivity index (χ4n) is 3.64. The van der Waals surface area contributed by atoms with Gasteiger partial charge in [-0.1, -0.05) is 12.8 Å². The molecule has 1 saturated carbocycles. The van der Waals surface area contributed by atoms with E-state index in [9.17, 15) is 9.59 Å². The molecule has 7 nitrogen and oxygen atoms in total. The molecule has 25 heavy (non-hydrogen) atoms. The van der Waals surface area contributed by atoms with Gasteiger partial charge >= 0.3 is 0 Å². The average molecular weight is 348 g/mol. The molecule has 1 N–H and O–H groups in total. The summed E-state index contributed by atoms with van der Waals surface area (Å²) in [5, 5.41) is 3.10. The first-order chi connectivity index (χ1) is 12.0. The zero-order valence-corrected chi connectivity index (χ0v) is 15.2. The number of hydrogen-bond acceptors (Lipinski definition) is 4. The van der Waals surface area contributed by atoms with Crippen molar-refractivity contribution in [2.75, 3.05) is 19.7 Å². The van der Waals surface area contributed by atoms with Crippen molar-refractivity contribution < 1.29 is 14.3 Å². The smallest absolute Gasteiger partial charge is 0.254 e. The van der Waals surface area contributed by atoms with Crippen molar-refractivity contribution in [2.24, 2.45) is 0 Å². The fraction of sp³-hybridized carbons (Fsp3) is 0.722. The quantitative estimate of drug-likeness (QED) is 0.869. The van der Waals surface area contributed by atoms with Gasteiger partial charge in [-0.25, -0.2) is 4.98 Å². The van der Waals surface area contributed by atoms with Crippen LogP contribution in [0, 0.1) is 6.92 Å². The molecular weight excluding hydrogens is 320 g/mol. The van der Waals surface area contributed by atoms with Crippen LogP contribution in [0.15, 0.2) is 12.4 Å². The Balaban J connectivity index is 1.54. The number of rotatable bonds is 5. The van der Waals surface area contributed by atoms with E-state index in [0.29, 0.717) is 32.7 Å². The molecule has 1 aromatic heterocycles.